The molecule has 0 aliphatic heterocycles. The van der Waals surface area contributed by atoms with Gasteiger partial charge in [-0.1, -0.05) is 62.6 Å². The lowest BCUT2D eigenvalue weighted by molar-refractivity contribution is -0.143. The predicted octanol–water partition coefficient (Wildman–Crippen LogP) is 8.20. The SMILES string of the molecule is CCCCCCC(Oc1ccc(-c2cc(C(F)(F)F)cc(C(F)(F)F)c2)cc1)C1(C(=O)NCCC(=O)O)C=CC=CC1. The molecule has 2 aromatic rings. The highest BCUT2D eigenvalue weighted by Crippen LogP contribution is 2.40. The van der Waals surface area contributed by atoms with Crippen molar-refractivity contribution < 1.29 is 45.8 Å². The van der Waals surface area contributed by atoms with Crippen LogP contribution in [0.15, 0.2) is 66.8 Å². The van der Waals surface area contributed by atoms with Gasteiger partial charge in [0.2, 0.25) is 5.91 Å². The van der Waals surface area contributed by atoms with E-state index in [0.717, 1.165) is 25.7 Å². The molecule has 0 fully saturated rings. The van der Waals surface area contributed by atoms with Gasteiger partial charge in [0.15, 0.2) is 0 Å². The molecule has 2 unspecified atom stereocenters. The maximum atomic E-state index is 13.4. The molecule has 228 valence electrons. The van der Waals surface area contributed by atoms with Crippen LogP contribution < -0.4 is 10.1 Å². The van der Waals surface area contributed by atoms with Crippen LogP contribution in [0.5, 0.6) is 5.75 Å². The molecule has 0 bridgehead atoms. The fourth-order valence-electron chi connectivity index (χ4n) is 4.83. The molecule has 5 nitrogen and oxygen atoms in total. The first-order valence-corrected chi connectivity index (χ1v) is 13.7. The van der Waals surface area contributed by atoms with Crippen molar-refractivity contribution in [2.24, 2.45) is 5.41 Å². The zero-order chi connectivity index (χ0) is 31.0. The minimum absolute atomic E-state index is 0.0678. The third-order valence-electron chi connectivity index (χ3n) is 7.09. The number of nitrogens with one attached hydrogen (secondary N) is 1. The Morgan fingerprint density at radius 3 is 2.10 bits per heavy atom. The molecule has 2 atom stereocenters. The summed E-state index contributed by atoms with van der Waals surface area (Å²) in [4.78, 5) is 24.4. The normalized spacial score (nSPS) is 17.6. The minimum atomic E-state index is -4.97. The maximum Gasteiger partial charge on any atom is 0.416 e. The van der Waals surface area contributed by atoms with E-state index in [1.165, 1.54) is 24.3 Å². The van der Waals surface area contributed by atoms with Crippen LogP contribution in [-0.2, 0) is 21.9 Å². The van der Waals surface area contributed by atoms with Gasteiger partial charge < -0.3 is 15.2 Å². The summed E-state index contributed by atoms with van der Waals surface area (Å²) < 4.78 is 86.4. The summed E-state index contributed by atoms with van der Waals surface area (Å²) in [6.07, 6.45) is 0.548. The number of ether oxygens (including phenoxy) is 1. The Kier molecular flexibility index (Phi) is 10.9. The number of halogens is 6. The van der Waals surface area contributed by atoms with E-state index in [1.54, 1.807) is 18.2 Å². The van der Waals surface area contributed by atoms with Crippen molar-refractivity contribution in [3.05, 3.63) is 77.9 Å². The first-order valence-electron chi connectivity index (χ1n) is 13.7. The lowest BCUT2D eigenvalue weighted by Crippen LogP contribution is -2.50. The van der Waals surface area contributed by atoms with E-state index in [2.05, 4.69) is 12.2 Å². The van der Waals surface area contributed by atoms with Crippen LogP contribution in [-0.4, -0.2) is 29.6 Å². The molecule has 0 heterocycles. The Bertz CT molecular complexity index is 1250. The number of carbonyl (C=O) groups excluding carboxylic acids is 1. The molecule has 1 amide bonds. The zero-order valence-corrected chi connectivity index (χ0v) is 23.0. The summed E-state index contributed by atoms with van der Waals surface area (Å²) in [5.41, 5.74) is -4.10. The van der Waals surface area contributed by atoms with Gasteiger partial charge in [0, 0.05) is 6.54 Å². The largest absolute Gasteiger partial charge is 0.489 e. The van der Waals surface area contributed by atoms with E-state index in [4.69, 9.17) is 9.84 Å². The van der Waals surface area contributed by atoms with E-state index in [9.17, 15) is 35.9 Å². The summed E-state index contributed by atoms with van der Waals surface area (Å²) in [7, 11) is 0. The molecule has 0 spiro atoms. The van der Waals surface area contributed by atoms with Crippen LogP contribution in [0.4, 0.5) is 26.3 Å². The highest BCUT2D eigenvalue weighted by Gasteiger charge is 2.45. The standard InChI is InChI=1S/C31H33F6NO4/c1-2-3-4-6-9-26(29(15-7-5-8-16-29)28(41)38-17-14-27(39)40)42-25-12-10-21(11-13-25)22-18-23(30(32,33)34)20-24(19-22)31(35,36)37/h5,7-8,10-13,15,18-20,26H,2-4,6,9,14,16-17H2,1H3,(H,38,41)(H,39,40). The molecule has 42 heavy (non-hydrogen) atoms. The smallest absolute Gasteiger partial charge is 0.416 e. The second kappa shape index (κ2) is 13.9. The molecule has 1 aliphatic rings. The summed E-state index contributed by atoms with van der Waals surface area (Å²) in [5.74, 6) is -1.17. The number of carboxylic acid groups (broad SMARTS) is 1. The van der Waals surface area contributed by atoms with Crippen LogP contribution in [0, 0.1) is 5.41 Å². The number of unbranched alkanes of at least 4 members (excludes halogenated alkanes) is 3. The number of rotatable bonds is 13. The Balaban J connectivity index is 1.92. The maximum absolute atomic E-state index is 13.4. The number of allylic oxidation sites excluding steroid dienone is 3. The molecule has 0 saturated carbocycles. The van der Waals surface area contributed by atoms with Crippen molar-refractivity contribution >= 4 is 11.9 Å². The van der Waals surface area contributed by atoms with E-state index in [-0.39, 0.29) is 35.9 Å². The van der Waals surface area contributed by atoms with Gasteiger partial charge in [-0.25, -0.2) is 0 Å². The third kappa shape index (κ3) is 8.62. The first kappa shape index (κ1) is 32.8. The molecule has 3 rings (SSSR count). The molecule has 2 aromatic carbocycles. The second-order valence-corrected chi connectivity index (χ2v) is 10.2. The number of carboxylic acids is 1. The number of hydrogen-bond donors (Lipinski definition) is 2. The van der Waals surface area contributed by atoms with E-state index >= 15 is 0 Å². The second-order valence-electron chi connectivity index (χ2n) is 10.2. The molecule has 11 heteroatoms. The van der Waals surface area contributed by atoms with Crippen molar-refractivity contribution in [3.8, 4) is 16.9 Å². The van der Waals surface area contributed by atoms with Crippen LogP contribution in [0.1, 0.15) is 63.0 Å². The molecule has 0 radical (unpaired) electrons. The summed E-state index contributed by atoms with van der Waals surface area (Å²) >= 11 is 0. The Hall–Kier alpha value is -3.76. The van der Waals surface area contributed by atoms with Crippen LogP contribution in [0.3, 0.4) is 0 Å². The highest BCUT2D eigenvalue weighted by atomic mass is 19.4. The average molecular weight is 598 g/mol. The average Bonchev–Trinajstić information content (AvgIpc) is 2.94. The van der Waals surface area contributed by atoms with Crippen LogP contribution in [0.25, 0.3) is 11.1 Å². The van der Waals surface area contributed by atoms with Gasteiger partial charge in [0.1, 0.15) is 17.3 Å². The van der Waals surface area contributed by atoms with E-state index in [1.807, 2.05) is 6.08 Å². The summed E-state index contributed by atoms with van der Waals surface area (Å²) in [5, 5.41) is 11.7. The topological polar surface area (TPSA) is 75.6 Å². The third-order valence-corrected chi connectivity index (χ3v) is 7.09. The van der Waals surface area contributed by atoms with Crippen LogP contribution in [0.2, 0.25) is 0 Å². The molecule has 0 saturated heterocycles. The van der Waals surface area contributed by atoms with Crippen molar-refractivity contribution in [3.63, 3.8) is 0 Å². The molecular weight excluding hydrogens is 564 g/mol. The molecular formula is C31H33F6NO4. The quantitative estimate of drug-likeness (QED) is 0.180. The number of carbonyl (C=O) groups is 2. The van der Waals surface area contributed by atoms with Gasteiger partial charge in [-0.3, -0.25) is 9.59 Å². The van der Waals surface area contributed by atoms with Gasteiger partial charge in [-0.2, -0.15) is 26.3 Å². The zero-order valence-electron chi connectivity index (χ0n) is 23.0. The van der Waals surface area contributed by atoms with Crippen molar-refractivity contribution in [2.45, 2.75) is 70.3 Å². The molecule has 0 aromatic heterocycles. The summed E-state index contributed by atoms with van der Waals surface area (Å²) in [6, 6.07) is 7.04. The fraction of sp³-hybridized carbons (Fsp3) is 0.419. The van der Waals surface area contributed by atoms with Crippen molar-refractivity contribution in [1.29, 1.82) is 0 Å². The summed E-state index contributed by atoms with van der Waals surface area (Å²) in [6.45, 7) is 1.99. The predicted molar refractivity (Wildman–Crippen MR) is 146 cm³/mol. The number of aliphatic carboxylic acids is 1. The Morgan fingerprint density at radius 2 is 1.57 bits per heavy atom. The number of alkyl halides is 6. The minimum Gasteiger partial charge on any atom is -0.489 e. The van der Waals surface area contributed by atoms with E-state index in [0.29, 0.717) is 25.0 Å². The van der Waals surface area contributed by atoms with Crippen LogP contribution >= 0.6 is 0 Å². The number of benzene rings is 2. The number of hydrogen-bond acceptors (Lipinski definition) is 3. The first-order chi connectivity index (χ1) is 19.8. The number of amides is 1. The molecule has 1 aliphatic carbocycles. The molecule has 2 N–H and O–H groups in total. The monoisotopic (exact) mass is 597 g/mol. The lowest BCUT2D eigenvalue weighted by Gasteiger charge is -2.38. The highest BCUT2D eigenvalue weighted by molar-refractivity contribution is 5.86. The van der Waals surface area contributed by atoms with Gasteiger partial charge in [-0.15, -0.1) is 0 Å². The lowest BCUT2D eigenvalue weighted by atomic mass is 9.73. The van der Waals surface area contributed by atoms with Gasteiger partial charge in [0.25, 0.3) is 0 Å². The van der Waals surface area contributed by atoms with Crippen molar-refractivity contribution in [2.75, 3.05) is 6.54 Å². The fourth-order valence-corrected chi connectivity index (χ4v) is 4.83. The Morgan fingerprint density at radius 1 is 0.929 bits per heavy atom. The van der Waals surface area contributed by atoms with E-state index < -0.39 is 46.9 Å². The van der Waals surface area contributed by atoms with Gasteiger partial charge in [-0.05, 0) is 60.7 Å². The van der Waals surface area contributed by atoms with Gasteiger partial charge in [0.05, 0.1) is 17.5 Å². The van der Waals surface area contributed by atoms with Gasteiger partial charge >= 0.3 is 18.3 Å². The van der Waals surface area contributed by atoms with Crippen molar-refractivity contribution in [1.82, 2.24) is 5.32 Å². The Labute approximate surface area is 240 Å².